The molecule has 0 heterocycles. The number of hydrogen-bond acceptors (Lipinski definition) is 8. The quantitative estimate of drug-likeness (QED) is 0.0935. The number of primary amides is 1. The summed E-state index contributed by atoms with van der Waals surface area (Å²) in [5, 5.41) is 25.4. The van der Waals surface area contributed by atoms with Crippen LogP contribution in [0, 0.1) is 5.92 Å². The molecule has 0 aliphatic carbocycles. The van der Waals surface area contributed by atoms with Crippen LogP contribution in [0.25, 0.3) is 0 Å². The van der Waals surface area contributed by atoms with Crippen LogP contribution in [0.15, 0.2) is 0 Å². The SMILES string of the molecule is CC(C)CC(NC(=O)C(N)CC(=O)O)C(=O)NC(CCCCN)C(=O)NC(CCC(N)=O)C(=O)O. The molecular weight excluding hydrogens is 464 g/mol. The molecule has 0 aromatic rings. The third-order valence-electron chi connectivity index (χ3n) is 4.95. The van der Waals surface area contributed by atoms with Gasteiger partial charge in [0.2, 0.25) is 23.6 Å². The predicted molar refractivity (Wildman–Crippen MR) is 124 cm³/mol. The molecule has 0 spiro atoms. The number of aliphatic carboxylic acids is 2. The van der Waals surface area contributed by atoms with Gasteiger partial charge in [-0.15, -0.1) is 0 Å². The van der Waals surface area contributed by atoms with Gasteiger partial charge in [-0.2, -0.15) is 0 Å². The van der Waals surface area contributed by atoms with Gasteiger partial charge < -0.3 is 43.4 Å². The fourth-order valence-corrected chi connectivity index (χ4v) is 3.11. The van der Waals surface area contributed by atoms with Gasteiger partial charge in [0.1, 0.15) is 18.1 Å². The maximum Gasteiger partial charge on any atom is 0.326 e. The Labute approximate surface area is 203 Å². The van der Waals surface area contributed by atoms with Crippen molar-refractivity contribution in [3.63, 3.8) is 0 Å². The van der Waals surface area contributed by atoms with Crippen LogP contribution in [0.2, 0.25) is 0 Å². The lowest BCUT2D eigenvalue weighted by molar-refractivity contribution is -0.142. The Balaban J connectivity index is 5.54. The second-order valence-corrected chi connectivity index (χ2v) is 8.65. The van der Waals surface area contributed by atoms with Gasteiger partial charge >= 0.3 is 11.9 Å². The standard InChI is InChI=1S/C21H38N6O8/c1-11(2)9-15(27-18(31)12(23)10-17(29)30)20(33)25-13(5-3-4-8-22)19(32)26-14(21(34)35)6-7-16(24)28/h11-15H,3-10,22-23H2,1-2H3,(H2,24,28)(H,25,33)(H,26,32)(H,27,31)(H,29,30)(H,34,35). The van der Waals surface area contributed by atoms with Gasteiger partial charge in [-0.3, -0.25) is 24.0 Å². The molecule has 4 unspecified atom stereocenters. The lowest BCUT2D eigenvalue weighted by Gasteiger charge is -2.26. The first-order valence-corrected chi connectivity index (χ1v) is 11.4. The molecule has 0 bridgehead atoms. The van der Waals surface area contributed by atoms with E-state index in [-0.39, 0.29) is 31.6 Å². The number of carboxylic acid groups (broad SMARTS) is 2. The van der Waals surface area contributed by atoms with E-state index in [2.05, 4.69) is 16.0 Å². The molecule has 0 aromatic heterocycles. The highest BCUT2D eigenvalue weighted by Gasteiger charge is 2.31. The number of carboxylic acids is 2. The molecule has 4 atom stereocenters. The highest BCUT2D eigenvalue weighted by molar-refractivity contribution is 5.94. The van der Waals surface area contributed by atoms with Crippen LogP contribution < -0.4 is 33.2 Å². The molecule has 200 valence electrons. The van der Waals surface area contributed by atoms with Crippen molar-refractivity contribution < 1.29 is 39.0 Å². The first kappa shape index (κ1) is 31.7. The average molecular weight is 503 g/mol. The minimum absolute atomic E-state index is 0.0588. The van der Waals surface area contributed by atoms with Crippen LogP contribution in [0.4, 0.5) is 0 Å². The number of rotatable bonds is 18. The zero-order chi connectivity index (χ0) is 27.1. The molecule has 0 saturated carbocycles. The van der Waals surface area contributed by atoms with E-state index >= 15 is 0 Å². The van der Waals surface area contributed by atoms with Crippen molar-refractivity contribution in [2.24, 2.45) is 23.1 Å². The van der Waals surface area contributed by atoms with Gasteiger partial charge in [0.25, 0.3) is 0 Å². The summed E-state index contributed by atoms with van der Waals surface area (Å²) in [5.41, 5.74) is 16.1. The van der Waals surface area contributed by atoms with Crippen LogP contribution in [-0.4, -0.2) is 76.5 Å². The number of hydrogen-bond donors (Lipinski definition) is 8. The van der Waals surface area contributed by atoms with E-state index in [0.717, 1.165) is 0 Å². The van der Waals surface area contributed by atoms with Crippen LogP contribution >= 0.6 is 0 Å². The zero-order valence-corrected chi connectivity index (χ0v) is 20.1. The van der Waals surface area contributed by atoms with Crippen molar-refractivity contribution in [3.8, 4) is 0 Å². The maximum absolute atomic E-state index is 13.0. The number of nitrogens with two attached hydrogens (primary N) is 3. The second kappa shape index (κ2) is 16.4. The monoisotopic (exact) mass is 502 g/mol. The number of amides is 4. The van der Waals surface area contributed by atoms with E-state index in [0.29, 0.717) is 19.4 Å². The minimum atomic E-state index is -1.40. The Hall–Kier alpha value is -3.26. The molecule has 11 N–H and O–H groups in total. The van der Waals surface area contributed by atoms with Crippen molar-refractivity contribution in [1.29, 1.82) is 0 Å². The van der Waals surface area contributed by atoms with Gasteiger partial charge in [0, 0.05) is 6.42 Å². The highest BCUT2D eigenvalue weighted by atomic mass is 16.4. The Morgan fingerprint density at radius 3 is 1.83 bits per heavy atom. The lowest BCUT2D eigenvalue weighted by atomic mass is 10.0. The summed E-state index contributed by atoms with van der Waals surface area (Å²) in [7, 11) is 0. The van der Waals surface area contributed by atoms with Crippen LogP contribution in [-0.2, 0) is 28.8 Å². The fourth-order valence-electron chi connectivity index (χ4n) is 3.11. The third-order valence-corrected chi connectivity index (χ3v) is 4.95. The molecule has 0 aliphatic heterocycles. The van der Waals surface area contributed by atoms with Crippen LogP contribution in [0.3, 0.4) is 0 Å². The van der Waals surface area contributed by atoms with Gasteiger partial charge in [0.15, 0.2) is 0 Å². The molecule has 0 rings (SSSR count). The van der Waals surface area contributed by atoms with Crippen molar-refractivity contribution in [3.05, 3.63) is 0 Å². The van der Waals surface area contributed by atoms with Gasteiger partial charge in [-0.25, -0.2) is 4.79 Å². The van der Waals surface area contributed by atoms with Crippen LogP contribution in [0.5, 0.6) is 0 Å². The van der Waals surface area contributed by atoms with Gasteiger partial charge in [-0.05, 0) is 44.6 Å². The fraction of sp³-hybridized carbons (Fsp3) is 0.714. The summed E-state index contributed by atoms with van der Waals surface area (Å²) in [4.78, 5) is 71.4. The van der Waals surface area contributed by atoms with Crippen molar-refractivity contribution in [2.45, 2.75) is 83.0 Å². The molecule has 0 aromatic carbocycles. The molecule has 14 nitrogen and oxygen atoms in total. The van der Waals surface area contributed by atoms with Crippen molar-refractivity contribution >= 4 is 35.6 Å². The first-order chi connectivity index (χ1) is 16.3. The third kappa shape index (κ3) is 13.9. The van der Waals surface area contributed by atoms with Gasteiger partial charge in [0.05, 0.1) is 12.5 Å². The normalized spacial score (nSPS) is 14.3. The first-order valence-electron chi connectivity index (χ1n) is 11.4. The smallest absolute Gasteiger partial charge is 0.326 e. The second-order valence-electron chi connectivity index (χ2n) is 8.65. The summed E-state index contributed by atoms with van der Waals surface area (Å²) >= 11 is 0. The molecule has 0 saturated heterocycles. The molecule has 4 amide bonds. The average Bonchev–Trinajstić information content (AvgIpc) is 2.73. The minimum Gasteiger partial charge on any atom is -0.481 e. The lowest BCUT2D eigenvalue weighted by Crippen LogP contribution is -2.57. The van der Waals surface area contributed by atoms with Crippen LogP contribution in [0.1, 0.15) is 58.8 Å². The van der Waals surface area contributed by atoms with E-state index in [1.165, 1.54) is 0 Å². The molecule has 0 fully saturated rings. The highest BCUT2D eigenvalue weighted by Crippen LogP contribution is 2.09. The topological polar surface area (TPSA) is 257 Å². The number of carbonyl (C=O) groups is 6. The number of nitrogens with one attached hydrogen (secondary N) is 3. The van der Waals surface area contributed by atoms with Gasteiger partial charge in [-0.1, -0.05) is 13.8 Å². The largest absolute Gasteiger partial charge is 0.481 e. The Kier molecular flexibility index (Phi) is 14.9. The predicted octanol–water partition coefficient (Wildman–Crippen LogP) is -2.23. The van der Waals surface area contributed by atoms with E-state index in [4.69, 9.17) is 22.3 Å². The zero-order valence-electron chi connectivity index (χ0n) is 20.1. The molecule has 0 aliphatic rings. The van der Waals surface area contributed by atoms with E-state index in [9.17, 15) is 33.9 Å². The summed E-state index contributed by atoms with van der Waals surface area (Å²) in [6, 6.07) is -5.04. The summed E-state index contributed by atoms with van der Waals surface area (Å²) in [5.74, 6) is -5.78. The molecular formula is C21H38N6O8. The number of carbonyl (C=O) groups excluding carboxylic acids is 4. The van der Waals surface area contributed by atoms with Crippen molar-refractivity contribution in [1.82, 2.24) is 16.0 Å². The van der Waals surface area contributed by atoms with E-state index in [1.54, 1.807) is 13.8 Å². The van der Waals surface area contributed by atoms with E-state index in [1.807, 2.05) is 0 Å². The molecule has 35 heavy (non-hydrogen) atoms. The van der Waals surface area contributed by atoms with Crippen molar-refractivity contribution in [2.75, 3.05) is 6.54 Å². The Morgan fingerprint density at radius 2 is 1.34 bits per heavy atom. The number of unbranched alkanes of at least 4 members (excludes halogenated alkanes) is 1. The maximum atomic E-state index is 13.0. The summed E-state index contributed by atoms with van der Waals surface area (Å²) in [6.45, 7) is 3.93. The molecule has 0 radical (unpaired) electrons. The summed E-state index contributed by atoms with van der Waals surface area (Å²) < 4.78 is 0. The Morgan fingerprint density at radius 1 is 0.800 bits per heavy atom. The Bertz CT molecular complexity index is 760. The molecule has 14 heteroatoms. The summed E-state index contributed by atoms with van der Waals surface area (Å²) in [6.07, 6.45) is 0.170. The van der Waals surface area contributed by atoms with E-state index < -0.39 is 66.2 Å².